The second-order valence-electron chi connectivity index (χ2n) is 7.20. The lowest BCUT2D eigenvalue weighted by Gasteiger charge is -2.23. The zero-order valence-electron chi connectivity index (χ0n) is 17.1. The first-order chi connectivity index (χ1) is 14.5. The molecule has 0 aliphatic carbocycles. The van der Waals surface area contributed by atoms with E-state index >= 15 is 0 Å². The fourth-order valence-electron chi connectivity index (χ4n) is 3.28. The molecule has 5 nitrogen and oxygen atoms in total. The zero-order chi connectivity index (χ0) is 21.8. The van der Waals surface area contributed by atoms with Gasteiger partial charge in [0.25, 0.3) is 0 Å². The second kappa shape index (κ2) is 13.4. The number of aliphatic hydroxyl groups is 1. The average molecular weight is 453 g/mol. The number of phenolic OH excluding ortho intramolecular Hbond substituents is 1. The summed E-state index contributed by atoms with van der Waals surface area (Å²) in [5, 5.41) is 21.8. The van der Waals surface area contributed by atoms with Crippen molar-refractivity contribution >= 4 is 34.8 Å². The van der Waals surface area contributed by atoms with E-state index in [0.29, 0.717) is 24.6 Å². The fourth-order valence-corrected chi connectivity index (χ4v) is 3.69. The number of aryl methyl sites for hydroxylation is 1. The molecular weight excluding hydrogens is 423 g/mol. The van der Waals surface area contributed by atoms with Crippen molar-refractivity contribution in [1.29, 1.82) is 0 Å². The summed E-state index contributed by atoms with van der Waals surface area (Å²) in [7, 11) is 0. The van der Waals surface area contributed by atoms with Crippen molar-refractivity contribution in [3.05, 3.63) is 59.7 Å². The molecular formula is C23H30Cl2N2O3. The van der Waals surface area contributed by atoms with Gasteiger partial charge >= 0.3 is 0 Å². The monoisotopic (exact) mass is 452 g/mol. The van der Waals surface area contributed by atoms with E-state index in [-0.39, 0.29) is 24.3 Å². The van der Waals surface area contributed by atoms with E-state index < -0.39 is 0 Å². The first kappa shape index (κ1) is 24.3. The maximum Gasteiger partial charge on any atom is 0.220 e. The lowest BCUT2D eigenvalue weighted by Crippen LogP contribution is -2.39. The number of phenols is 1. The summed E-state index contributed by atoms with van der Waals surface area (Å²) in [5.74, 6) is 1.23. The standard InChI is InChI=1S/C23H30Cl2N2O3/c24-12-14-27(15-13-25)21-8-4-18(5-9-21)2-1-3-23(30)26-20(17-28)16-19-6-10-22(29)11-7-19/h4-11,20,28-29H,1-3,12-17H2,(H,26,30)/t20-/m1/s1. The van der Waals surface area contributed by atoms with E-state index in [2.05, 4.69) is 34.5 Å². The van der Waals surface area contributed by atoms with Gasteiger partial charge < -0.3 is 20.4 Å². The smallest absolute Gasteiger partial charge is 0.220 e. The summed E-state index contributed by atoms with van der Waals surface area (Å²) in [6.45, 7) is 1.38. The Balaban J connectivity index is 1.76. The van der Waals surface area contributed by atoms with Crippen LogP contribution in [0.3, 0.4) is 0 Å². The van der Waals surface area contributed by atoms with Gasteiger partial charge in [0, 0.05) is 37.0 Å². The van der Waals surface area contributed by atoms with Gasteiger partial charge in [0.1, 0.15) is 5.75 Å². The van der Waals surface area contributed by atoms with Crippen LogP contribution in [0.4, 0.5) is 5.69 Å². The van der Waals surface area contributed by atoms with Gasteiger partial charge in [-0.3, -0.25) is 4.79 Å². The van der Waals surface area contributed by atoms with Crippen molar-refractivity contribution in [2.24, 2.45) is 0 Å². The summed E-state index contributed by atoms with van der Waals surface area (Å²) in [6, 6.07) is 14.7. The van der Waals surface area contributed by atoms with Crippen molar-refractivity contribution in [2.75, 3.05) is 36.4 Å². The Kier molecular flexibility index (Phi) is 10.8. The van der Waals surface area contributed by atoms with Gasteiger partial charge in [0.15, 0.2) is 0 Å². The Morgan fingerprint density at radius 1 is 0.967 bits per heavy atom. The highest BCUT2D eigenvalue weighted by molar-refractivity contribution is 6.18. The Labute approximate surface area is 188 Å². The number of nitrogens with zero attached hydrogens (tertiary/aromatic N) is 1. The summed E-state index contributed by atoms with van der Waals surface area (Å²) in [5.41, 5.74) is 3.22. The fraction of sp³-hybridized carbons (Fsp3) is 0.435. The molecule has 1 amide bonds. The SMILES string of the molecule is O=C(CCCc1ccc(N(CCCl)CCCl)cc1)N[C@@H](CO)Cc1ccc(O)cc1. The lowest BCUT2D eigenvalue weighted by molar-refractivity contribution is -0.122. The van der Waals surface area contributed by atoms with Crippen LogP contribution in [0, 0.1) is 0 Å². The van der Waals surface area contributed by atoms with Crippen LogP contribution in [0.1, 0.15) is 24.0 Å². The lowest BCUT2D eigenvalue weighted by atomic mass is 10.0. The number of amides is 1. The van der Waals surface area contributed by atoms with E-state index in [1.165, 1.54) is 5.56 Å². The van der Waals surface area contributed by atoms with Gasteiger partial charge in [-0.2, -0.15) is 0 Å². The molecule has 0 aliphatic rings. The molecule has 0 aromatic heterocycles. The second-order valence-corrected chi connectivity index (χ2v) is 7.96. The molecule has 0 radical (unpaired) electrons. The highest BCUT2D eigenvalue weighted by Crippen LogP contribution is 2.17. The van der Waals surface area contributed by atoms with Crippen LogP contribution in [-0.4, -0.2) is 53.6 Å². The van der Waals surface area contributed by atoms with E-state index in [4.69, 9.17) is 23.2 Å². The van der Waals surface area contributed by atoms with Crippen molar-refractivity contribution < 1.29 is 15.0 Å². The highest BCUT2D eigenvalue weighted by Gasteiger charge is 2.12. The largest absolute Gasteiger partial charge is 0.508 e. The molecule has 0 heterocycles. The molecule has 30 heavy (non-hydrogen) atoms. The van der Waals surface area contributed by atoms with Gasteiger partial charge in [-0.25, -0.2) is 0 Å². The predicted octanol–water partition coefficient (Wildman–Crippen LogP) is 3.72. The maximum atomic E-state index is 12.2. The Morgan fingerprint density at radius 2 is 1.57 bits per heavy atom. The maximum absolute atomic E-state index is 12.2. The molecule has 3 N–H and O–H groups in total. The van der Waals surface area contributed by atoms with Crippen LogP contribution < -0.4 is 10.2 Å². The molecule has 1 atom stereocenters. The first-order valence-corrected chi connectivity index (χ1v) is 11.3. The van der Waals surface area contributed by atoms with Crippen LogP contribution in [-0.2, 0) is 17.6 Å². The van der Waals surface area contributed by atoms with Crippen LogP contribution in [0.5, 0.6) is 5.75 Å². The number of aliphatic hydroxyl groups excluding tert-OH is 1. The van der Waals surface area contributed by atoms with E-state index in [9.17, 15) is 15.0 Å². The number of hydrogen-bond acceptors (Lipinski definition) is 4. The number of carbonyl (C=O) groups is 1. The van der Waals surface area contributed by atoms with Crippen molar-refractivity contribution in [1.82, 2.24) is 5.32 Å². The third-order valence-corrected chi connectivity index (χ3v) is 5.22. The predicted molar refractivity (Wildman–Crippen MR) is 124 cm³/mol. The topological polar surface area (TPSA) is 72.8 Å². The molecule has 2 aromatic carbocycles. The van der Waals surface area contributed by atoms with E-state index in [1.54, 1.807) is 24.3 Å². The molecule has 0 aliphatic heterocycles. The number of hydrogen-bond donors (Lipinski definition) is 3. The molecule has 0 bridgehead atoms. The Morgan fingerprint density at radius 3 is 2.13 bits per heavy atom. The van der Waals surface area contributed by atoms with Crippen molar-refractivity contribution in [3.63, 3.8) is 0 Å². The summed E-state index contributed by atoms with van der Waals surface area (Å²) < 4.78 is 0. The molecule has 7 heteroatoms. The number of alkyl halides is 2. The number of rotatable bonds is 13. The molecule has 0 saturated heterocycles. The normalized spacial score (nSPS) is 11.8. The number of nitrogens with one attached hydrogen (secondary N) is 1. The first-order valence-electron chi connectivity index (χ1n) is 10.2. The van der Waals surface area contributed by atoms with E-state index in [0.717, 1.165) is 37.2 Å². The minimum absolute atomic E-state index is 0.0696. The quantitative estimate of drug-likeness (QED) is 0.405. The number of anilines is 1. The Hall–Kier alpha value is -1.95. The minimum atomic E-state index is -0.337. The van der Waals surface area contributed by atoms with Crippen LogP contribution in [0.25, 0.3) is 0 Å². The number of carbonyl (C=O) groups excluding carboxylic acids is 1. The van der Waals surface area contributed by atoms with Crippen LogP contribution >= 0.6 is 23.2 Å². The van der Waals surface area contributed by atoms with Gasteiger partial charge in [0.05, 0.1) is 12.6 Å². The number of benzene rings is 2. The minimum Gasteiger partial charge on any atom is -0.508 e. The number of halogens is 2. The zero-order valence-corrected chi connectivity index (χ0v) is 18.6. The van der Waals surface area contributed by atoms with Crippen LogP contribution in [0.15, 0.2) is 48.5 Å². The Bertz CT molecular complexity index is 748. The van der Waals surface area contributed by atoms with Crippen molar-refractivity contribution in [3.8, 4) is 5.75 Å². The van der Waals surface area contributed by atoms with E-state index in [1.807, 2.05) is 0 Å². The summed E-state index contributed by atoms with van der Waals surface area (Å²) >= 11 is 11.7. The van der Waals surface area contributed by atoms with Gasteiger partial charge in [-0.1, -0.05) is 24.3 Å². The molecule has 2 rings (SSSR count). The van der Waals surface area contributed by atoms with Crippen LogP contribution in [0.2, 0.25) is 0 Å². The summed E-state index contributed by atoms with van der Waals surface area (Å²) in [6.07, 6.45) is 2.46. The molecule has 0 unspecified atom stereocenters. The average Bonchev–Trinajstić information content (AvgIpc) is 2.75. The van der Waals surface area contributed by atoms with Gasteiger partial charge in [-0.15, -0.1) is 23.2 Å². The third kappa shape index (κ3) is 8.42. The highest BCUT2D eigenvalue weighted by atomic mass is 35.5. The number of aromatic hydroxyl groups is 1. The molecule has 0 fully saturated rings. The molecule has 2 aromatic rings. The summed E-state index contributed by atoms with van der Waals surface area (Å²) in [4.78, 5) is 14.4. The van der Waals surface area contributed by atoms with Gasteiger partial charge in [-0.05, 0) is 54.7 Å². The molecule has 0 spiro atoms. The molecule has 0 saturated carbocycles. The third-order valence-electron chi connectivity index (χ3n) is 4.88. The van der Waals surface area contributed by atoms with Gasteiger partial charge in [0.2, 0.25) is 5.91 Å². The molecule has 164 valence electrons. The van der Waals surface area contributed by atoms with Crippen molar-refractivity contribution in [2.45, 2.75) is 31.7 Å².